The number of carboxylic acids is 1. The molecule has 0 saturated carbocycles. The minimum atomic E-state index is -1.10. The van der Waals surface area contributed by atoms with E-state index in [1.807, 2.05) is 0 Å². The van der Waals surface area contributed by atoms with Crippen LogP contribution in [0.15, 0.2) is 36.7 Å². The van der Waals surface area contributed by atoms with Gasteiger partial charge in [-0.2, -0.15) is 0 Å². The van der Waals surface area contributed by atoms with Gasteiger partial charge < -0.3 is 9.84 Å². The Labute approximate surface area is 108 Å². The average molecular weight is 265 g/mol. The highest BCUT2D eigenvalue weighted by Gasteiger charge is 2.14. The SMILES string of the molecule is O=C(O)c1cccc(Cl)c1OCc1ncccn1. The number of ether oxygens (including phenoxy) is 1. The molecule has 92 valence electrons. The summed E-state index contributed by atoms with van der Waals surface area (Å²) in [5.74, 6) is -0.519. The van der Waals surface area contributed by atoms with E-state index in [0.29, 0.717) is 5.82 Å². The molecule has 0 atom stereocenters. The Morgan fingerprint density at radius 2 is 2.00 bits per heavy atom. The maximum Gasteiger partial charge on any atom is 0.339 e. The third kappa shape index (κ3) is 2.75. The molecule has 1 aromatic carbocycles. The van der Waals surface area contributed by atoms with Crippen molar-refractivity contribution in [2.24, 2.45) is 0 Å². The number of hydrogen-bond donors (Lipinski definition) is 1. The van der Waals surface area contributed by atoms with Gasteiger partial charge in [0.1, 0.15) is 12.2 Å². The quantitative estimate of drug-likeness (QED) is 0.918. The Morgan fingerprint density at radius 3 is 2.67 bits per heavy atom. The summed E-state index contributed by atoms with van der Waals surface area (Å²) < 4.78 is 5.38. The summed E-state index contributed by atoms with van der Waals surface area (Å²) in [5.41, 5.74) is 0.0124. The number of nitrogens with zero attached hydrogens (tertiary/aromatic N) is 2. The molecule has 0 spiro atoms. The summed E-state index contributed by atoms with van der Waals surface area (Å²) in [6, 6.07) is 6.23. The Bertz CT molecular complexity index is 561. The second kappa shape index (κ2) is 5.46. The van der Waals surface area contributed by atoms with E-state index in [4.69, 9.17) is 21.4 Å². The van der Waals surface area contributed by atoms with Gasteiger partial charge in [0.25, 0.3) is 0 Å². The zero-order valence-corrected chi connectivity index (χ0v) is 9.96. The molecule has 0 aliphatic carbocycles. The largest absolute Gasteiger partial charge is 0.483 e. The molecular formula is C12H9ClN2O3. The van der Waals surface area contributed by atoms with Crippen molar-refractivity contribution in [1.82, 2.24) is 9.97 Å². The molecule has 0 fully saturated rings. The second-order valence-electron chi connectivity index (χ2n) is 3.38. The number of para-hydroxylation sites is 1. The first-order valence-electron chi connectivity index (χ1n) is 5.09. The number of rotatable bonds is 4. The van der Waals surface area contributed by atoms with Gasteiger partial charge in [0.2, 0.25) is 0 Å². The maximum atomic E-state index is 11.0. The Balaban J connectivity index is 2.21. The number of carbonyl (C=O) groups is 1. The molecule has 1 N–H and O–H groups in total. The molecule has 1 heterocycles. The summed E-state index contributed by atoms with van der Waals surface area (Å²) in [7, 11) is 0. The number of carboxylic acid groups (broad SMARTS) is 1. The first kappa shape index (κ1) is 12.3. The number of benzene rings is 1. The normalized spacial score (nSPS) is 10.1. The van der Waals surface area contributed by atoms with Crippen molar-refractivity contribution in [2.75, 3.05) is 0 Å². The first-order chi connectivity index (χ1) is 8.68. The van der Waals surface area contributed by atoms with Gasteiger partial charge in [0, 0.05) is 12.4 Å². The van der Waals surface area contributed by atoms with Crippen LogP contribution >= 0.6 is 11.6 Å². The predicted octanol–water partition coefficient (Wildman–Crippen LogP) is 2.41. The van der Waals surface area contributed by atoms with Crippen LogP contribution in [0, 0.1) is 0 Å². The fraction of sp³-hybridized carbons (Fsp3) is 0.0833. The number of hydrogen-bond acceptors (Lipinski definition) is 4. The molecular weight excluding hydrogens is 256 g/mol. The lowest BCUT2D eigenvalue weighted by atomic mass is 10.2. The molecule has 6 heteroatoms. The third-order valence-electron chi connectivity index (χ3n) is 2.16. The van der Waals surface area contributed by atoms with Gasteiger partial charge in [0.05, 0.1) is 5.02 Å². The van der Waals surface area contributed by atoms with Crippen LogP contribution in [0.2, 0.25) is 5.02 Å². The molecule has 5 nitrogen and oxygen atoms in total. The smallest absolute Gasteiger partial charge is 0.339 e. The molecule has 0 aliphatic rings. The van der Waals surface area contributed by atoms with Crippen LogP contribution in [-0.4, -0.2) is 21.0 Å². The molecule has 2 rings (SSSR count). The minimum Gasteiger partial charge on any atom is -0.483 e. The average Bonchev–Trinajstić information content (AvgIpc) is 2.38. The van der Waals surface area contributed by atoms with Crippen molar-refractivity contribution in [2.45, 2.75) is 6.61 Å². The van der Waals surface area contributed by atoms with E-state index in [1.54, 1.807) is 30.6 Å². The first-order valence-corrected chi connectivity index (χ1v) is 5.47. The summed E-state index contributed by atoms with van der Waals surface area (Å²) in [6.45, 7) is 0.0604. The topological polar surface area (TPSA) is 72.3 Å². The monoisotopic (exact) mass is 264 g/mol. The number of aromatic carboxylic acids is 1. The highest BCUT2D eigenvalue weighted by molar-refractivity contribution is 6.32. The van der Waals surface area contributed by atoms with Crippen LogP contribution in [0.1, 0.15) is 16.2 Å². The van der Waals surface area contributed by atoms with Crippen molar-refractivity contribution in [1.29, 1.82) is 0 Å². The third-order valence-corrected chi connectivity index (χ3v) is 2.46. The van der Waals surface area contributed by atoms with Gasteiger partial charge in [-0.15, -0.1) is 0 Å². The van der Waals surface area contributed by atoms with E-state index in [-0.39, 0.29) is 22.9 Å². The Morgan fingerprint density at radius 1 is 1.28 bits per heavy atom. The summed E-state index contributed by atoms with van der Waals surface area (Å²) in [6.07, 6.45) is 3.16. The molecule has 0 amide bonds. The van der Waals surface area contributed by atoms with Gasteiger partial charge in [-0.3, -0.25) is 0 Å². The molecule has 0 saturated heterocycles. The van der Waals surface area contributed by atoms with E-state index in [1.165, 1.54) is 6.07 Å². The van der Waals surface area contributed by atoms with Gasteiger partial charge in [-0.1, -0.05) is 17.7 Å². The molecule has 0 aliphatic heterocycles. The van der Waals surface area contributed by atoms with Crippen LogP contribution in [-0.2, 0) is 6.61 Å². The molecule has 0 radical (unpaired) electrons. The van der Waals surface area contributed by atoms with Crippen LogP contribution in [0.3, 0.4) is 0 Å². The van der Waals surface area contributed by atoms with E-state index in [9.17, 15) is 4.79 Å². The highest BCUT2D eigenvalue weighted by atomic mass is 35.5. The van der Waals surface area contributed by atoms with Crippen LogP contribution in [0.25, 0.3) is 0 Å². The fourth-order valence-electron chi connectivity index (χ4n) is 1.37. The lowest BCUT2D eigenvalue weighted by Gasteiger charge is -2.09. The lowest BCUT2D eigenvalue weighted by molar-refractivity contribution is 0.0691. The summed E-state index contributed by atoms with van der Waals surface area (Å²) in [5, 5.41) is 9.26. The van der Waals surface area contributed by atoms with E-state index >= 15 is 0 Å². The second-order valence-corrected chi connectivity index (χ2v) is 3.78. The van der Waals surface area contributed by atoms with Crippen LogP contribution < -0.4 is 4.74 Å². The van der Waals surface area contributed by atoms with Crippen molar-refractivity contribution in [3.05, 3.63) is 53.1 Å². The van der Waals surface area contributed by atoms with Crippen molar-refractivity contribution < 1.29 is 14.6 Å². The predicted molar refractivity (Wildman–Crippen MR) is 64.8 cm³/mol. The van der Waals surface area contributed by atoms with Gasteiger partial charge in [-0.05, 0) is 18.2 Å². The Kier molecular flexibility index (Phi) is 3.74. The molecule has 2 aromatic rings. The maximum absolute atomic E-state index is 11.0. The van der Waals surface area contributed by atoms with Gasteiger partial charge in [-0.25, -0.2) is 14.8 Å². The molecule has 0 bridgehead atoms. The van der Waals surface area contributed by atoms with Crippen molar-refractivity contribution in [3.8, 4) is 5.75 Å². The highest BCUT2D eigenvalue weighted by Crippen LogP contribution is 2.29. The van der Waals surface area contributed by atoms with E-state index in [2.05, 4.69) is 9.97 Å². The Hall–Kier alpha value is -2.14. The van der Waals surface area contributed by atoms with Crippen LogP contribution in [0.4, 0.5) is 0 Å². The zero-order valence-electron chi connectivity index (χ0n) is 9.21. The van der Waals surface area contributed by atoms with Gasteiger partial charge in [0.15, 0.2) is 11.6 Å². The molecule has 0 unspecified atom stereocenters. The lowest BCUT2D eigenvalue weighted by Crippen LogP contribution is -2.05. The number of aromatic nitrogens is 2. The van der Waals surface area contributed by atoms with E-state index < -0.39 is 5.97 Å². The molecule has 18 heavy (non-hydrogen) atoms. The summed E-state index contributed by atoms with van der Waals surface area (Å²) >= 11 is 5.91. The van der Waals surface area contributed by atoms with Crippen molar-refractivity contribution >= 4 is 17.6 Å². The van der Waals surface area contributed by atoms with Crippen LogP contribution in [0.5, 0.6) is 5.75 Å². The minimum absolute atomic E-state index is 0.0124. The molecule has 1 aromatic heterocycles. The zero-order chi connectivity index (χ0) is 13.0. The fourth-order valence-corrected chi connectivity index (χ4v) is 1.59. The number of halogens is 1. The standard InChI is InChI=1S/C12H9ClN2O3/c13-9-4-1-3-8(12(16)17)11(9)18-7-10-14-5-2-6-15-10/h1-6H,7H2,(H,16,17). The van der Waals surface area contributed by atoms with Gasteiger partial charge >= 0.3 is 5.97 Å². The summed E-state index contributed by atoms with van der Waals surface area (Å²) in [4.78, 5) is 19.0. The van der Waals surface area contributed by atoms with Crippen molar-refractivity contribution in [3.63, 3.8) is 0 Å². The van der Waals surface area contributed by atoms with E-state index in [0.717, 1.165) is 0 Å².